The second kappa shape index (κ2) is 3.16. The molecule has 0 aliphatic heterocycles. The van der Waals surface area contributed by atoms with Gasteiger partial charge in [0.2, 0.25) is 5.88 Å². The molecule has 0 spiro atoms. The van der Waals surface area contributed by atoms with Crippen molar-refractivity contribution in [2.45, 2.75) is 0 Å². The Balaban J connectivity index is 3.03. The number of aromatic nitrogens is 2. The molecule has 1 aromatic carbocycles. The van der Waals surface area contributed by atoms with Gasteiger partial charge in [0.15, 0.2) is 5.82 Å². The maximum absolute atomic E-state index is 13.2. The monoisotopic (exact) mass is 232 g/mol. The van der Waals surface area contributed by atoms with Gasteiger partial charge >= 0.3 is 6.01 Å². The number of benzene rings is 1. The summed E-state index contributed by atoms with van der Waals surface area (Å²) in [7, 11) is 0. The van der Waals surface area contributed by atoms with Gasteiger partial charge in [0.05, 0.1) is 10.4 Å². The van der Waals surface area contributed by atoms with Crippen LogP contribution in [0, 0.1) is 11.6 Å². The van der Waals surface area contributed by atoms with Crippen molar-refractivity contribution in [1.82, 2.24) is 9.97 Å². The Morgan fingerprint density at radius 3 is 2.47 bits per heavy atom. The molecule has 0 amide bonds. The molecule has 2 N–H and O–H groups in total. The minimum absolute atomic E-state index is 0.369. The first-order valence-electron chi connectivity index (χ1n) is 3.74. The normalized spacial score (nSPS) is 10.9. The quantitative estimate of drug-likeness (QED) is 0.682. The number of aromatic hydroxyl groups is 2. The van der Waals surface area contributed by atoms with Crippen LogP contribution in [0.1, 0.15) is 0 Å². The topological polar surface area (TPSA) is 66.2 Å². The third kappa shape index (κ3) is 1.42. The molecule has 1 aromatic heterocycles. The van der Waals surface area contributed by atoms with Crippen LogP contribution in [0.4, 0.5) is 8.78 Å². The average Bonchev–Trinajstić information content (AvgIpc) is 2.13. The summed E-state index contributed by atoms with van der Waals surface area (Å²) in [5.41, 5.74) is -0.439. The van der Waals surface area contributed by atoms with E-state index in [4.69, 9.17) is 16.7 Å². The molecule has 0 bridgehead atoms. The van der Waals surface area contributed by atoms with Crippen LogP contribution < -0.4 is 0 Å². The summed E-state index contributed by atoms with van der Waals surface area (Å²) in [6, 6.07) is -0.308. The second-order valence-corrected chi connectivity index (χ2v) is 3.10. The molecule has 15 heavy (non-hydrogen) atoms. The lowest BCUT2D eigenvalue weighted by Crippen LogP contribution is -1.92. The molecular weight excluding hydrogens is 230 g/mol. The highest BCUT2D eigenvalue weighted by molar-refractivity contribution is 6.36. The van der Waals surface area contributed by atoms with Gasteiger partial charge in [0.25, 0.3) is 0 Å². The van der Waals surface area contributed by atoms with Gasteiger partial charge in [-0.15, -0.1) is 0 Å². The predicted molar refractivity (Wildman–Crippen MR) is 47.8 cm³/mol. The highest BCUT2D eigenvalue weighted by Crippen LogP contribution is 2.33. The van der Waals surface area contributed by atoms with Crippen molar-refractivity contribution in [2.75, 3.05) is 0 Å². The van der Waals surface area contributed by atoms with Crippen molar-refractivity contribution < 1.29 is 19.0 Å². The lowest BCUT2D eigenvalue weighted by molar-refractivity contribution is 0.402. The molecule has 0 saturated heterocycles. The van der Waals surface area contributed by atoms with Crippen molar-refractivity contribution in [3.63, 3.8) is 0 Å². The minimum atomic E-state index is -1.04. The molecule has 1 heterocycles. The number of rotatable bonds is 0. The molecule has 78 valence electrons. The summed E-state index contributed by atoms with van der Waals surface area (Å²) >= 11 is 5.49. The SMILES string of the molecule is Oc1nc(O)c2c(Cl)c(F)cc(F)c2n1. The van der Waals surface area contributed by atoms with E-state index in [-0.39, 0.29) is 5.39 Å². The summed E-state index contributed by atoms with van der Waals surface area (Å²) in [5, 5.41) is 17.3. The molecule has 0 aliphatic rings. The van der Waals surface area contributed by atoms with E-state index in [1.54, 1.807) is 0 Å². The number of fused-ring (bicyclic) bond motifs is 1. The molecule has 2 rings (SSSR count). The fourth-order valence-corrected chi connectivity index (χ4v) is 1.40. The molecular formula is C8H3ClF2N2O2. The number of nitrogens with zero attached hydrogens (tertiary/aromatic N) is 2. The van der Waals surface area contributed by atoms with E-state index in [1.165, 1.54) is 0 Å². The van der Waals surface area contributed by atoms with Crippen LogP contribution in [0.2, 0.25) is 5.02 Å². The van der Waals surface area contributed by atoms with Gasteiger partial charge in [-0.05, 0) is 0 Å². The van der Waals surface area contributed by atoms with E-state index in [0.717, 1.165) is 0 Å². The van der Waals surface area contributed by atoms with Gasteiger partial charge < -0.3 is 10.2 Å². The summed E-state index contributed by atoms with van der Waals surface area (Å²) < 4.78 is 26.2. The summed E-state index contributed by atoms with van der Waals surface area (Å²) in [6.45, 7) is 0. The van der Waals surface area contributed by atoms with Crippen molar-refractivity contribution in [3.8, 4) is 11.9 Å². The Kier molecular flexibility index (Phi) is 2.08. The Bertz CT molecular complexity index is 562. The van der Waals surface area contributed by atoms with Crippen LogP contribution in [-0.2, 0) is 0 Å². The van der Waals surface area contributed by atoms with Crippen molar-refractivity contribution in [3.05, 3.63) is 22.7 Å². The minimum Gasteiger partial charge on any atom is -0.493 e. The highest BCUT2D eigenvalue weighted by atomic mass is 35.5. The van der Waals surface area contributed by atoms with E-state index in [2.05, 4.69) is 9.97 Å². The van der Waals surface area contributed by atoms with Crippen LogP contribution >= 0.6 is 11.6 Å². The standard InChI is InChI=1S/C8H3ClF2N2O2/c9-5-2(10)1-3(11)6-4(5)7(14)13-8(15)12-6/h1H,(H2,12,13,14,15). The van der Waals surface area contributed by atoms with Gasteiger partial charge in [-0.25, -0.2) is 8.78 Å². The Morgan fingerprint density at radius 2 is 1.80 bits per heavy atom. The molecule has 4 nitrogen and oxygen atoms in total. The number of hydrogen-bond donors (Lipinski definition) is 2. The first kappa shape index (κ1) is 9.85. The summed E-state index contributed by atoms with van der Waals surface area (Å²) in [6.07, 6.45) is 0. The Hall–Kier alpha value is -1.69. The van der Waals surface area contributed by atoms with Gasteiger partial charge in [-0.3, -0.25) is 0 Å². The lowest BCUT2D eigenvalue weighted by Gasteiger charge is -2.04. The van der Waals surface area contributed by atoms with Gasteiger partial charge in [-0.2, -0.15) is 9.97 Å². The van der Waals surface area contributed by atoms with E-state index in [0.29, 0.717) is 6.07 Å². The highest BCUT2D eigenvalue weighted by Gasteiger charge is 2.17. The maximum atomic E-state index is 13.2. The van der Waals surface area contributed by atoms with Gasteiger partial charge in [-0.1, -0.05) is 11.6 Å². The molecule has 0 atom stereocenters. The molecule has 0 fully saturated rings. The van der Waals surface area contributed by atoms with Gasteiger partial charge in [0, 0.05) is 6.07 Å². The molecule has 7 heteroatoms. The smallest absolute Gasteiger partial charge is 0.317 e. The van der Waals surface area contributed by atoms with Crippen molar-refractivity contribution >= 4 is 22.5 Å². The Morgan fingerprint density at radius 1 is 1.13 bits per heavy atom. The van der Waals surface area contributed by atoms with Crippen LogP contribution in [0.3, 0.4) is 0 Å². The zero-order valence-electron chi connectivity index (χ0n) is 7.00. The fraction of sp³-hybridized carbons (Fsp3) is 0. The third-order valence-electron chi connectivity index (χ3n) is 1.79. The predicted octanol–water partition coefficient (Wildman–Crippen LogP) is 1.97. The van der Waals surface area contributed by atoms with Crippen LogP contribution in [0.15, 0.2) is 6.07 Å². The first-order chi connectivity index (χ1) is 7.00. The zero-order valence-corrected chi connectivity index (χ0v) is 7.76. The van der Waals surface area contributed by atoms with E-state index >= 15 is 0 Å². The molecule has 0 aliphatic carbocycles. The molecule has 2 aromatic rings. The molecule has 0 saturated carbocycles. The largest absolute Gasteiger partial charge is 0.493 e. The summed E-state index contributed by atoms with van der Waals surface area (Å²) in [5.74, 6) is -2.85. The van der Waals surface area contributed by atoms with Crippen LogP contribution in [0.25, 0.3) is 10.9 Å². The maximum Gasteiger partial charge on any atom is 0.317 e. The van der Waals surface area contributed by atoms with E-state index in [1.807, 2.05) is 0 Å². The first-order valence-corrected chi connectivity index (χ1v) is 4.11. The van der Waals surface area contributed by atoms with E-state index in [9.17, 15) is 13.9 Å². The fourth-order valence-electron chi connectivity index (χ4n) is 1.17. The Labute approximate surface area is 86.8 Å². The molecule has 0 radical (unpaired) electrons. The van der Waals surface area contributed by atoms with Crippen LogP contribution in [0.5, 0.6) is 11.9 Å². The third-order valence-corrected chi connectivity index (χ3v) is 2.16. The van der Waals surface area contributed by atoms with Gasteiger partial charge in [0.1, 0.15) is 11.3 Å². The summed E-state index contributed by atoms with van der Waals surface area (Å²) in [4.78, 5) is 6.42. The molecule has 0 unspecified atom stereocenters. The number of hydrogen-bond acceptors (Lipinski definition) is 4. The van der Waals surface area contributed by atoms with Crippen LogP contribution in [-0.4, -0.2) is 20.2 Å². The zero-order chi connectivity index (χ0) is 11.2. The average molecular weight is 233 g/mol. The van der Waals surface area contributed by atoms with Crippen molar-refractivity contribution in [2.24, 2.45) is 0 Å². The van der Waals surface area contributed by atoms with Crippen molar-refractivity contribution in [1.29, 1.82) is 0 Å². The number of halogens is 3. The van der Waals surface area contributed by atoms with E-state index < -0.39 is 34.1 Å². The lowest BCUT2D eigenvalue weighted by atomic mass is 10.2. The second-order valence-electron chi connectivity index (χ2n) is 2.73.